The van der Waals surface area contributed by atoms with E-state index >= 15 is 0 Å². The molecule has 1 aromatic rings. The number of aliphatic hydroxyl groups is 1. The fraction of sp³-hybridized carbons (Fsp3) is 0.769. The highest BCUT2D eigenvalue weighted by atomic mass is 35.5. The van der Waals surface area contributed by atoms with Gasteiger partial charge in [0.15, 0.2) is 0 Å². The van der Waals surface area contributed by atoms with Crippen molar-refractivity contribution in [1.29, 1.82) is 0 Å². The molecule has 0 saturated heterocycles. The van der Waals surface area contributed by atoms with Crippen LogP contribution in [0.4, 0.5) is 0 Å². The molecular formula is C13H19ClN2O. The van der Waals surface area contributed by atoms with Crippen LogP contribution in [0.15, 0.2) is 6.20 Å². The lowest BCUT2D eigenvalue weighted by Crippen LogP contribution is -2.16. The molecule has 4 heteroatoms. The molecule has 94 valence electrons. The molecule has 2 bridgehead atoms. The number of nitrogens with zero attached hydrogens (tertiary/aromatic N) is 2. The molecule has 0 radical (unpaired) electrons. The van der Waals surface area contributed by atoms with Crippen LogP contribution in [0.2, 0.25) is 5.15 Å². The fourth-order valence-corrected chi connectivity index (χ4v) is 3.90. The van der Waals surface area contributed by atoms with Gasteiger partial charge in [-0.25, -0.2) is 4.98 Å². The summed E-state index contributed by atoms with van der Waals surface area (Å²) in [5.41, 5.74) is 0. The second kappa shape index (κ2) is 4.29. The van der Waals surface area contributed by atoms with Crippen LogP contribution in [0.5, 0.6) is 0 Å². The second-order valence-electron chi connectivity index (χ2n) is 5.68. The van der Waals surface area contributed by atoms with Gasteiger partial charge in [-0.15, -0.1) is 0 Å². The second-order valence-corrected chi connectivity index (χ2v) is 6.07. The lowest BCUT2D eigenvalue weighted by atomic mass is 9.85. The van der Waals surface area contributed by atoms with Crippen LogP contribution in [-0.2, 0) is 7.05 Å². The molecule has 0 aliphatic heterocycles. The Morgan fingerprint density at radius 1 is 1.53 bits per heavy atom. The molecule has 3 nitrogen and oxygen atoms in total. The van der Waals surface area contributed by atoms with Crippen molar-refractivity contribution in [3.05, 3.63) is 17.2 Å². The first-order valence-electron chi connectivity index (χ1n) is 6.50. The van der Waals surface area contributed by atoms with E-state index in [9.17, 15) is 5.11 Å². The van der Waals surface area contributed by atoms with Crippen molar-refractivity contribution in [3.8, 4) is 0 Å². The van der Waals surface area contributed by atoms with Gasteiger partial charge in [-0.05, 0) is 43.4 Å². The molecule has 2 aliphatic rings. The number of halogens is 1. The monoisotopic (exact) mass is 254 g/mol. The molecule has 2 aliphatic carbocycles. The number of fused-ring (bicyclic) bond motifs is 2. The maximum Gasteiger partial charge on any atom is 0.138 e. The Balaban J connectivity index is 1.67. The summed E-state index contributed by atoms with van der Waals surface area (Å²) in [5, 5.41) is 10.9. The zero-order chi connectivity index (χ0) is 12.0. The van der Waals surface area contributed by atoms with Gasteiger partial charge in [0.1, 0.15) is 17.1 Å². The Bertz CT molecular complexity index is 418. The third-order valence-corrected chi connectivity index (χ3v) is 5.03. The third-order valence-electron chi connectivity index (χ3n) is 4.68. The summed E-state index contributed by atoms with van der Waals surface area (Å²) in [7, 11) is 1.86. The van der Waals surface area contributed by atoms with Crippen molar-refractivity contribution < 1.29 is 5.11 Å². The van der Waals surface area contributed by atoms with Gasteiger partial charge >= 0.3 is 0 Å². The Labute approximate surface area is 107 Å². The third kappa shape index (κ3) is 2.00. The smallest absolute Gasteiger partial charge is 0.138 e. The van der Waals surface area contributed by atoms with Gasteiger partial charge in [-0.1, -0.05) is 18.0 Å². The van der Waals surface area contributed by atoms with Gasteiger partial charge in [-0.3, -0.25) is 0 Å². The topological polar surface area (TPSA) is 38.0 Å². The molecule has 1 N–H and O–H groups in total. The van der Waals surface area contributed by atoms with Crippen molar-refractivity contribution in [2.45, 2.75) is 38.2 Å². The molecule has 1 aromatic heterocycles. The van der Waals surface area contributed by atoms with E-state index in [2.05, 4.69) is 4.98 Å². The highest BCUT2D eigenvalue weighted by molar-refractivity contribution is 6.29. The zero-order valence-corrected chi connectivity index (χ0v) is 10.9. The van der Waals surface area contributed by atoms with Crippen LogP contribution in [-0.4, -0.2) is 14.7 Å². The van der Waals surface area contributed by atoms with Crippen LogP contribution in [0.1, 0.15) is 44.0 Å². The van der Waals surface area contributed by atoms with Crippen molar-refractivity contribution in [2.75, 3.05) is 0 Å². The predicted molar refractivity (Wildman–Crippen MR) is 66.7 cm³/mol. The average molecular weight is 255 g/mol. The number of aromatic nitrogens is 2. The summed E-state index contributed by atoms with van der Waals surface area (Å²) < 4.78 is 1.78. The molecule has 0 spiro atoms. The first-order chi connectivity index (χ1) is 8.15. The van der Waals surface area contributed by atoms with Crippen LogP contribution in [0.3, 0.4) is 0 Å². The number of hydrogen-bond acceptors (Lipinski definition) is 2. The number of aliphatic hydroxyl groups excluding tert-OH is 1. The Morgan fingerprint density at radius 3 is 2.88 bits per heavy atom. The van der Waals surface area contributed by atoms with Gasteiger partial charge < -0.3 is 9.67 Å². The van der Waals surface area contributed by atoms with Crippen molar-refractivity contribution >= 4 is 11.6 Å². The maximum atomic E-state index is 10.3. The standard InChI is InChI=1S/C13H19ClN2O/c1-16-12(14)7-15-13(16)11(17)6-10-5-8-2-3-9(10)4-8/h7-11,17H,2-6H2,1H3. The van der Waals surface area contributed by atoms with Crippen LogP contribution in [0, 0.1) is 17.8 Å². The molecular weight excluding hydrogens is 236 g/mol. The molecule has 0 aromatic carbocycles. The first-order valence-corrected chi connectivity index (χ1v) is 6.88. The normalized spacial score (nSPS) is 33.2. The van der Waals surface area contributed by atoms with E-state index < -0.39 is 6.10 Å². The van der Waals surface area contributed by atoms with E-state index in [1.807, 2.05) is 7.05 Å². The minimum absolute atomic E-state index is 0.461. The zero-order valence-electron chi connectivity index (χ0n) is 10.1. The summed E-state index contributed by atoms with van der Waals surface area (Å²) in [6.07, 6.45) is 7.47. The molecule has 2 saturated carbocycles. The van der Waals surface area contributed by atoms with Crippen LogP contribution >= 0.6 is 11.6 Å². The average Bonchev–Trinajstić information content (AvgIpc) is 2.96. The summed E-state index contributed by atoms with van der Waals surface area (Å²) in [6, 6.07) is 0. The minimum Gasteiger partial charge on any atom is -0.385 e. The van der Waals surface area contributed by atoms with Gasteiger partial charge in [0, 0.05) is 7.05 Å². The van der Waals surface area contributed by atoms with Crippen molar-refractivity contribution in [2.24, 2.45) is 24.8 Å². The summed E-state index contributed by atoms with van der Waals surface area (Å²) in [4.78, 5) is 4.20. The molecule has 0 amide bonds. The molecule has 2 fully saturated rings. The van der Waals surface area contributed by atoms with Gasteiger partial charge in [0.25, 0.3) is 0 Å². The highest BCUT2D eigenvalue weighted by Crippen LogP contribution is 2.50. The van der Waals surface area contributed by atoms with Gasteiger partial charge in [0.2, 0.25) is 0 Å². The number of imidazole rings is 1. The van der Waals surface area contributed by atoms with E-state index in [0.717, 1.165) is 18.3 Å². The lowest BCUT2D eigenvalue weighted by Gasteiger charge is -2.23. The fourth-order valence-electron chi connectivity index (χ4n) is 3.77. The Hall–Kier alpha value is -0.540. The van der Waals surface area contributed by atoms with Gasteiger partial charge in [0.05, 0.1) is 6.20 Å². The molecule has 4 unspecified atom stereocenters. The number of rotatable bonds is 3. The summed E-state index contributed by atoms with van der Waals surface area (Å²) in [6.45, 7) is 0. The molecule has 1 heterocycles. The van der Waals surface area contributed by atoms with Crippen molar-refractivity contribution in [3.63, 3.8) is 0 Å². The maximum absolute atomic E-state index is 10.3. The van der Waals surface area contributed by atoms with E-state index in [1.165, 1.54) is 25.7 Å². The summed E-state index contributed by atoms with van der Waals surface area (Å²) in [5.74, 6) is 3.18. The molecule has 17 heavy (non-hydrogen) atoms. The molecule has 3 rings (SSSR count). The first kappa shape index (κ1) is 11.5. The van der Waals surface area contributed by atoms with E-state index in [1.54, 1.807) is 10.8 Å². The van der Waals surface area contributed by atoms with E-state index in [-0.39, 0.29) is 0 Å². The SMILES string of the molecule is Cn1c(Cl)cnc1C(O)CC1CC2CCC1C2. The van der Waals surface area contributed by atoms with Crippen molar-refractivity contribution in [1.82, 2.24) is 9.55 Å². The summed E-state index contributed by atoms with van der Waals surface area (Å²) >= 11 is 5.94. The lowest BCUT2D eigenvalue weighted by molar-refractivity contribution is 0.115. The quantitative estimate of drug-likeness (QED) is 0.901. The highest BCUT2D eigenvalue weighted by Gasteiger charge is 2.40. The van der Waals surface area contributed by atoms with Crippen LogP contribution in [0.25, 0.3) is 0 Å². The minimum atomic E-state index is -0.461. The predicted octanol–water partition coefficient (Wildman–Crippen LogP) is 2.93. The van der Waals surface area contributed by atoms with E-state index in [0.29, 0.717) is 16.9 Å². The molecule has 4 atom stereocenters. The largest absolute Gasteiger partial charge is 0.385 e. The van der Waals surface area contributed by atoms with Crippen LogP contribution < -0.4 is 0 Å². The van der Waals surface area contributed by atoms with Gasteiger partial charge in [-0.2, -0.15) is 0 Å². The van der Waals surface area contributed by atoms with E-state index in [4.69, 9.17) is 11.6 Å². The Morgan fingerprint density at radius 2 is 2.35 bits per heavy atom. The number of hydrogen-bond donors (Lipinski definition) is 1. The Kier molecular flexibility index (Phi) is 2.91.